The number of hydrogen-bond donors (Lipinski definition) is 1. The number of carbonyl (C=O) groups excluding carboxylic acids is 2. The van der Waals surface area contributed by atoms with Gasteiger partial charge in [0, 0.05) is 13.5 Å². The number of nitrogens with zero attached hydrogens (tertiary/aromatic N) is 2. The lowest BCUT2D eigenvalue weighted by atomic mass is 10.0. The summed E-state index contributed by atoms with van der Waals surface area (Å²) in [5.74, 6) is -0.147. The summed E-state index contributed by atoms with van der Waals surface area (Å²) in [7, 11) is 4.29. The molecule has 1 aromatic heterocycles. The maximum absolute atomic E-state index is 12.3. The van der Waals surface area contributed by atoms with Gasteiger partial charge in [0.15, 0.2) is 5.75 Å². The number of esters is 1. The molecule has 0 aliphatic heterocycles. The summed E-state index contributed by atoms with van der Waals surface area (Å²) in [6.45, 7) is 0. The van der Waals surface area contributed by atoms with Gasteiger partial charge in [-0.1, -0.05) is 24.3 Å². The molecule has 1 unspecified atom stereocenters. The Morgan fingerprint density at radius 2 is 2.00 bits per heavy atom. The number of methoxy groups -OCH3 is 2. The molecule has 0 saturated heterocycles. The van der Waals surface area contributed by atoms with Gasteiger partial charge in [-0.3, -0.25) is 9.59 Å². The highest BCUT2D eigenvalue weighted by molar-refractivity contribution is 5.78. The Labute approximate surface area is 144 Å². The van der Waals surface area contributed by atoms with E-state index in [4.69, 9.17) is 4.74 Å². The molecule has 1 heterocycles. The van der Waals surface area contributed by atoms with Crippen LogP contribution in [0.2, 0.25) is 0 Å². The predicted octanol–water partition coefficient (Wildman–Crippen LogP) is 0.286. The molecule has 8 nitrogen and oxygen atoms in total. The molecule has 25 heavy (non-hydrogen) atoms. The average Bonchev–Trinajstić information content (AvgIpc) is 2.63. The Bertz CT molecular complexity index is 814. The first-order chi connectivity index (χ1) is 12.0. The van der Waals surface area contributed by atoms with Crippen molar-refractivity contribution in [3.63, 3.8) is 0 Å². The Hall–Kier alpha value is -3.16. The first-order valence-electron chi connectivity index (χ1n) is 7.49. The lowest BCUT2D eigenvalue weighted by molar-refractivity contribution is -0.144. The van der Waals surface area contributed by atoms with Gasteiger partial charge in [-0.15, -0.1) is 0 Å². The van der Waals surface area contributed by atoms with E-state index in [0.29, 0.717) is 23.3 Å². The van der Waals surface area contributed by atoms with Crippen LogP contribution >= 0.6 is 0 Å². The molecule has 0 saturated carbocycles. The minimum atomic E-state index is -0.767. The molecule has 2 rings (SSSR count). The molecule has 0 aliphatic carbocycles. The van der Waals surface area contributed by atoms with Crippen LogP contribution in [0.3, 0.4) is 0 Å². The predicted molar refractivity (Wildman–Crippen MR) is 90.2 cm³/mol. The largest absolute Gasteiger partial charge is 0.494 e. The van der Waals surface area contributed by atoms with Gasteiger partial charge in [0.25, 0.3) is 5.56 Å². The molecule has 0 radical (unpaired) electrons. The van der Waals surface area contributed by atoms with Gasteiger partial charge in [0.05, 0.1) is 26.0 Å². The van der Waals surface area contributed by atoms with E-state index in [1.807, 2.05) is 0 Å². The van der Waals surface area contributed by atoms with Crippen molar-refractivity contribution >= 4 is 12.4 Å². The molecular formula is C17H19N3O5. The Balaban J connectivity index is 2.32. The SMILES string of the molecule is COC(=O)C(Cc1ccc(-c2c(OC)cnn(C)c2=O)cc1)NC=O. The van der Waals surface area contributed by atoms with Crippen molar-refractivity contribution in [3.8, 4) is 16.9 Å². The van der Waals surface area contributed by atoms with Crippen molar-refractivity contribution in [1.82, 2.24) is 15.1 Å². The zero-order chi connectivity index (χ0) is 18.4. The minimum Gasteiger partial charge on any atom is -0.494 e. The fraction of sp³-hybridized carbons (Fsp3) is 0.294. The molecule has 1 atom stereocenters. The molecule has 1 amide bonds. The van der Waals surface area contributed by atoms with Crippen LogP contribution in [0.4, 0.5) is 0 Å². The number of benzene rings is 1. The van der Waals surface area contributed by atoms with Crippen LogP contribution in [0.5, 0.6) is 5.75 Å². The molecule has 0 aliphatic rings. The third-order valence-corrected chi connectivity index (χ3v) is 3.76. The molecule has 0 bridgehead atoms. The summed E-state index contributed by atoms with van der Waals surface area (Å²) in [6, 6.07) is 6.29. The van der Waals surface area contributed by atoms with E-state index >= 15 is 0 Å². The second kappa shape index (κ2) is 8.09. The molecule has 0 spiro atoms. The van der Waals surface area contributed by atoms with Crippen molar-refractivity contribution in [1.29, 1.82) is 0 Å². The second-order valence-electron chi connectivity index (χ2n) is 5.28. The maximum atomic E-state index is 12.3. The van der Waals surface area contributed by atoms with Crippen molar-refractivity contribution < 1.29 is 19.1 Å². The number of nitrogens with one attached hydrogen (secondary N) is 1. The van der Waals surface area contributed by atoms with Crippen LogP contribution in [0, 0.1) is 0 Å². The number of amides is 1. The van der Waals surface area contributed by atoms with Crippen molar-refractivity contribution in [3.05, 3.63) is 46.4 Å². The van der Waals surface area contributed by atoms with E-state index in [2.05, 4.69) is 15.2 Å². The maximum Gasteiger partial charge on any atom is 0.328 e. The zero-order valence-electron chi connectivity index (χ0n) is 14.2. The van der Waals surface area contributed by atoms with Gasteiger partial charge in [-0.05, 0) is 11.1 Å². The summed E-state index contributed by atoms with van der Waals surface area (Å²) in [5, 5.41) is 6.35. The van der Waals surface area contributed by atoms with Gasteiger partial charge < -0.3 is 14.8 Å². The molecule has 1 N–H and O–H groups in total. The van der Waals surface area contributed by atoms with Crippen molar-refractivity contribution in [2.75, 3.05) is 14.2 Å². The Morgan fingerprint density at radius 3 is 2.56 bits per heavy atom. The van der Waals surface area contributed by atoms with Crippen molar-refractivity contribution in [2.24, 2.45) is 7.05 Å². The summed E-state index contributed by atoms with van der Waals surface area (Å²) >= 11 is 0. The lowest BCUT2D eigenvalue weighted by Gasteiger charge is -2.14. The topological polar surface area (TPSA) is 99.5 Å². The molecule has 1 aromatic carbocycles. The third-order valence-electron chi connectivity index (χ3n) is 3.76. The van der Waals surface area contributed by atoms with Crippen LogP contribution in [-0.2, 0) is 27.8 Å². The van der Waals surface area contributed by atoms with Gasteiger partial charge >= 0.3 is 5.97 Å². The summed E-state index contributed by atoms with van der Waals surface area (Å²) in [6.07, 6.45) is 2.21. The molecule has 132 valence electrons. The number of rotatable bonds is 7. The van der Waals surface area contributed by atoms with E-state index in [9.17, 15) is 14.4 Å². The standard InChI is InChI=1S/C17H19N3O5/c1-20-16(22)15(14(24-2)9-19-20)12-6-4-11(5-7-12)8-13(18-10-21)17(23)25-3/h4-7,9-10,13H,8H2,1-3H3,(H,18,21). The minimum absolute atomic E-state index is 0.275. The van der Waals surface area contributed by atoms with E-state index < -0.39 is 12.0 Å². The van der Waals surface area contributed by atoms with E-state index in [1.54, 1.807) is 31.3 Å². The van der Waals surface area contributed by atoms with Crippen LogP contribution in [0.1, 0.15) is 5.56 Å². The van der Waals surface area contributed by atoms with Crippen LogP contribution < -0.4 is 15.6 Å². The zero-order valence-corrected chi connectivity index (χ0v) is 14.2. The molecule has 0 fully saturated rings. The average molecular weight is 345 g/mol. The van der Waals surface area contributed by atoms with E-state index in [0.717, 1.165) is 5.56 Å². The molecular weight excluding hydrogens is 326 g/mol. The second-order valence-corrected chi connectivity index (χ2v) is 5.28. The number of hydrogen-bond acceptors (Lipinski definition) is 6. The summed E-state index contributed by atoms with van der Waals surface area (Å²) < 4.78 is 11.1. The Kier molecular flexibility index (Phi) is 5.89. The number of aromatic nitrogens is 2. The fourth-order valence-corrected chi connectivity index (χ4v) is 2.42. The number of aryl methyl sites for hydroxylation is 1. The van der Waals surface area contributed by atoms with E-state index in [1.165, 1.54) is 25.1 Å². The van der Waals surface area contributed by atoms with E-state index in [-0.39, 0.29) is 12.0 Å². The van der Waals surface area contributed by atoms with Crippen LogP contribution in [0.25, 0.3) is 11.1 Å². The quantitative estimate of drug-likeness (QED) is 0.572. The fourth-order valence-electron chi connectivity index (χ4n) is 2.42. The van der Waals surface area contributed by atoms with Crippen LogP contribution in [0.15, 0.2) is 35.3 Å². The number of ether oxygens (including phenoxy) is 2. The van der Waals surface area contributed by atoms with Crippen molar-refractivity contribution in [2.45, 2.75) is 12.5 Å². The monoisotopic (exact) mass is 345 g/mol. The molecule has 2 aromatic rings. The first-order valence-corrected chi connectivity index (χ1v) is 7.49. The van der Waals surface area contributed by atoms with Gasteiger partial charge in [0.2, 0.25) is 6.41 Å². The normalized spacial score (nSPS) is 11.5. The van der Waals surface area contributed by atoms with Gasteiger partial charge in [-0.25, -0.2) is 9.48 Å². The third kappa shape index (κ3) is 4.03. The number of carbonyl (C=O) groups is 2. The summed E-state index contributed by atoms with van der Waals surface area (Å²) in [4.78, 5) is 34.6. The highest BCUT2D eigenvalue weighted by Gasteiger charge is 2.19. The van der Waals surface area contributed by atoms with Gasteiger partial charge in [-0.2, -0.15) is 5.10 Å². The molecule has 8 heteroatoms. The van der Waals surface area contributed by atoms with Gasteiger partial charge in [0.1, 0.15) is 6.04 Å². The smallest absolute Gasteiger partial charge is 0.328 e. The lowest BCUT2D eigenvalue weighted by Crippen LogP contribution is -2.38. The highest BCUT2D eigenvalue weighted by Crippen LogP contribution is 2.25. The Morgan fingerprint density at radius 1 is 1.32 bits per heavy atom. The van der Waals surface area contributed by atoms with Crippen LogP contribution in [-0.4, -0.2) is 42.4 Å². The first kappa shape index (κ1) is 18.2. The highest BCUT2D eigenvalue weighted by atomic mass is 16.5. The summed E-state index contributed by atoms with van der Waals surface area (Å²) in [5.41, 5.74) is 1.60.